The SMILES string of the molecule is CC1(C)CNCC(COC(=O)N2CCCC2)O1. The number of hydrogen-bond acceptors (Lipinski definition) is 4. The van der Waals surface area contributed by atoms with Gasteiger partial charge in [0.1, 0.15) is 12.7 Å². The third-order valence-electron chi connectivity index (χ3n) is 3.17. The van der Waals surface area contributed by atoms with Crippen LogP contribution in [0.2, 0.25) is 0 Å². The van der Waals surface area contributed by atoms with E-state index in [0.717, 1.165) is 39.0 Å². The molecule has 1 atom stereocenters. The van der Waals surface area contributed by atoms with Crippen molar-refractivity contribution in [2.75, 3.05) is 32.8 Å². The lowest BCUT2D eigenvalue weighted by atomic mass is 10.1. The van der Waals surface area contributed by atoms with Crippen LogP contribution in [0.5, 0.6) is 0 Å². The summed E-state index contributed by atoms with van der Waals surface area (Å²) in [5.41, 5.74) is -0.178. The number of hydrogen-bond donors (Lipinski definition) is 1. The Hall–Kier alpha value is -0.810. The zero-order valence-electron chi connectivity index (χ0n) is 10.7. The maximum Gasteiger partial charge on any atom is 0.409 e. The number of nitrogens with one attached hydrogen (secondary N) is 1. The molecule has 2 heterocycles. The summed E-state index contributed by atoms with van der Waals surface area (Å²) < 4.78 is 11.1. The van der Waals surface area contributed by atoms with Gasteiger partial charge < -0.3 is 19.7 Å². The van der Waals surface area contributed by atoms with Gasteiger partial charge in [-0.3, -0.25) is 0 Å². The molecule has 0 bridgehead atoms. The van der Waals surface area contributed by atoms with E-state index in [4.69, 9.17) is 9.47 Å². The molecule has 0 aromatic heterocycles. The average Bonchev–Trinajstić information content (AvgIpc) is 2.78. The molecule has 2 saturated heterocycles. The maximum atomic E-state index is 11.7. The molecule has 1 unspecified atom stereocenters. The second-order valence-corrected chi connectivity index (χ2v) is 5.40. The molecular formula is C12H22N2O3. The van der Waals surface area contributed by atoms with Crippen LogP contribution in [0, 0.1) is 0 Å². The van der Waals surface area contributed by atoms with E-state index in [9.17, 15) is 4.79 Å². The van der Waals surface area contributed by atoms with Crippen LogP contribution < -0.4 is 5.32 Å². The van der Waals surface area contributed by atoms with Crippen LogP contribution in [0.15, 0.2) is 0 Å². The first-order valence-corrected chi connectivity index (χ1v) is 6.37. The fourth-order valence-electron chi connectivity index (χ4n) is 2.32. The van der Waals surface area contributed by atoms with E-state index < -0.39 is 0 Å². The van der Waals surface area contributed by atoms with Gasteiger partial charge >= 0.3 is 6.09 Å². The van der Waals surface area contributed by atoms with Gasteiger partial charge in [-0.15, -0.1) is 0 Å². The van der Waals surface area contributed by atoms with Gasteiger partial charge in [-0.05, 0) is 26.7 Å². The number of rotatable bonds is 2. The molecule has 0 aromatic carbocycles. The summed E-state index contributed by atoms with van der Waals surface area (Å²) in [5.74, 6) is 0. The van der Waals surface area contributed by atoms with Crippen LogP contribution in [-0.2, 0) is 9.47 Å². The topological polar surface area (TPSA) is 50.8 Å². The molecule has 0 aliphatic carbocycles. The summed E-state index contributed by atoms with van der Waals surface area (Å²) >= 11 is 0. The number of likely N-dealkylation sites (tertiary alicyclic amines) is 1. The van der Waals surface area contributed by atoms with Gasteiger partial charge in [0.05, 0.1) is 5.60 Å². The Balaban J connectivity index is 1.72. The van der Waals surface area contributed by atoms with Crippen LogP contribution in [0.3, 0.4) is 0 Å². The molecule has 1 amide bonds. The second kappa shape index (κ2) is 5.23. The molecule has 2 aliphatic heterocycles. The first-order valence-electron chi connectivity index (χ1n) is 6.37. The molecular weight excluding hydrogens is 220 g/mol. The minimum absolute atomic E-state index is 0.0368. The van der Waals surface area contributed by atoms with Gasteiger partial charge in [0, 0.05) is 26.2 Å². The van der Waals surface area contributed by atoms with Crippen molar-refractivity contribution in [3.05, 3.63) is 0 Å². The Bertz CT molecular complexity index is 275. The van der Waals surface area contributed by atoms with Gasteiger partial charge in [0.2, 0.25) is 0 Å². The minimum Gasteiger partial charge on any atom is -0.447 e. The van der Waals surface area contributed by atoms with Crippen LogP contribution in [0.4, 0.5) is 4.79 Å². The van der Waals surface area contributed by atoms with Gasteiger partial charge in [0.25, 0.3) is 0 Å². The van der Waals surface area contributed by atoms with Crippen LogP contribution in [0.25, 0.3) is 0 Å². The standard InChI is InChI=1S/C12H22N2O3/c1-12(2)9-13-7-10(17-12)8-16-11(15)14-5-3-4-6-14/h10,13H,3-9H2,1-2H3. The van der Waals surface area contributed by atoms with E-state index >= 15 is 0 Å². The summed E-state index contributed by atoms with van der Waals surface area (Å²) in [6.07, 6.45) is 1.94. The molecule has 0 aromatic rings. The zero-order valence-corrected chi connectivity index (χ0v) is 10.7. The van der Waals surface area contributed by atoms with Crippen molar-refractivity contribution in [2.24, 2.45) is 0 Å². The van der Waals surface area contributed by atoms with Crippen molar-refractivity contribution in [3.63, 3.8) is 0 Å². The number of amides is 1. The number of morpholine rings is 1. The first-order chi connectivity index (χ1) is 8.07. The fourth-order valence-corrected chi connectivity index (χ4v) is 2.32. The Labute approximate surface area is 102 Å². The molecule has 0 spiro atoms. The molecule has 2 aliphatic rings. The van der Waals surface area contributed by atoms with Crippen LogP contribution in [0.1, 0.15) is 26.7 Å². The summed E-state index contributed by atoms with van der Waals surface area (Å²) in [6.45, 7) is 7.65. The number of carbonyl (C=O) groups excluding carboxylic acids is 1. The fraction of sp³-hybridized carbons (Fsp3) is 0.917. The van der Waals surface area contributed by atoms with Gasteiger partial charge in [-0.25, -0.2) is 4.79 Å². The monoisotopic (exact) mass is 242 g/mol. The van der Waals surface area contributed by atoms with Gasteiger partial charge in [-0.1, -0.05) is 0 Å². The summed E-state index contributed by atoms with van der Waals surface area (Å²) in [5, 5.41) is 3.29. The summed E-state index contributed by atoms with van der Waals surface area (Å²) in [6, 6.07) is 0. The molecule has 2 fully saturated rings. The number of carbonyl (C=O) groups is 1. The lowest BCUT2D eigenvalue weighted by molar-refractivity contribution is -0.112. The van der Waals surface area contributed by atoms with Gasteiger partial charge in [0.15, 0.2) is 0 Å². The minimum atomic E-state index is -0.200. The van der Waals surface area contributed by atoms with Crippen molar-refractivity contribution >= 4 is 6.09 Å². The van der Waals surface area contributed by atoms with E-state index in [1.165, 1.54) is 0 Å². The van der Waals surface area contributed by atoms with E-state index in [2.05, 4.69) is 5.32 Å². The van der Waals surface area contributed by atoms with E-state index in [0.29, 0.717) is 6.61 Å². The van der Waals surface area contributed by atoms with Crippen LogP contribution >= 0.6 is 0 Å². The predicted molar refractivity (Wildman–Crippen MR) is 64.0 cm³/mol. The highest BCUT2D eigenvalue weighted by Gasteiger charge is 2.29. The molecule has 0 radical (unpaired) electrons. The van der Waals surface area contributed by atoms with Crippen molar-refractivity contribution in [1.82, 2.24) is 10.2 Å². The second-order valence-electron chi connectivity index (χ2n) is 5.40. The Morgan fingerprint density at radius 2 is 2.18 bits per heavy atom. The highest BCUT2D eigenvalue weighted by atomic mass is 16.6. The first kappa shape index (κ1) is 12.6. The Kier molecular flexibility index (Phi) is 3.89. The van der Waals surface area contributed by atoms with Crippen molar-refractivity contribution in [3.8, 4) is 0 Å². The average molecular weight is 242 g/mol. The zero-order chi connectivity index (χ0) is 12.3. The van der Waals surface area contributed by atoms with E-state index in [1.807, 2.05) is 13.8 Å². The van der Waals surface area contributed by atoms with Crippen molar-refractivity contribution in [1.29, 1.82) is 0 Å². The number of ether oxygens (including phenoxy) is 2. The molecule has 1 N–H and O–H groups in total. The van der Waals surface area contributed by atoms with Gasteiger partial charge in [-0.2, -0.15) is 0 Å². The lowest BCUT2D eigenvalue weighted by Crippen LogP contribution is -2.52. The molecule has 0 saturated carbocycles. The van der Waals surface area contributed by atoms with Crippen molar-refractivity contribution < 1.29 is 14.3 Å². The predicted octanol–water partition coefficient (Wildman–Crippen LogP) is 0.986. The largest absolute Gasteiger partial charge is 0.447 e. The third-order valence-corrected chi connectivity index (χ3v) is 3.17. The molecule has 5 heteroatoms. The highest BCUT2D eigenvalue weighted by molar-refractivity contribution is 5.67. The van der Waals surface area contributed by atoms with E-state index in [-0.39, 0.29) is 17.8 Å². The molecule has 2 rings (SSSR count). The lowest BCUT2D eigenvalue weighted by Gasteiger charge is -2.36. The van der Waals surface area contributed by atoms with E-state index in [1.54, 1.807) is 4.90 Å². The maximum absolute atomic E-state index is 11.7. The summed E-state index contributed by atoms with van der Waals surface area (Å²) in [4.78, 5) is 13.4. The molecule has 5 nitrogen and oxygen atoms in total. The summed E-state index contributed by atoms with van der Waals surface area (Å²) in [7, 11) is 0. The quantitative estimate of drug-likeness (QED) is 0.784. The Morgan fingerprint density at radius 3 is 2.82 bits per heavy atom. The van der Waals surface area contributed by atoms with Crippen LogP contribution in [-0.4, -0.2) is 55.5 Å². The highest BCUT2D eigenvalue weighted by Crippen LogP contribution is 2.16. The molecule has 98 valence electrons. The van der Waals surface area contributed by atoms with Crippen molar-refractivity contribution in [2.45, 2.75) is 38.4 Å². The normalized spacial score (nSPS) is 28.1. The number of nitrogens with zero attached hydrogens (tertiary/aromatic N) is 1. The molecule has 17 heavy (non-hydrogen) atoms. The smallest absolute Gasteiger partial charge is 0.409 e. The Morgan fingerprint density at radius 1 is 1.47 bits per heavy atom. The third kappa shape index (κ3) is 3.57.